The lowest BCUT2D eigenvalue weighted by molar-refractivity contribution is -0.144. The summed E-state index contributed by atoms with van der Waals surface area (Å²) >= 11 is 0. The second-order valence-corrected chi connectivity index (χ2v) is 5.62. The molecule has 0 aromatic carbocycles. The molecule has 1 saturated carbocycles. The van der Waals surface area contributed by atoms with Crippen LogP contribution in [0.4, 0.5) is 24.8 Å². The molecule has 118 valence electrons. The van der Waals surface area contributed by atoms with Gasteiger partial charge in [0.1, 0.15) is 11.6 Å². The van der Waals surface area contributed by atoms with Gasteiger partial charge < -0.3 is 10.7 Å². The molecule has 0 amide bonds. The minimum Gasteiger partial charge on any atom is -0.370 e. The Kier molecular flexibility index (Phi) is 4.87. The van der Waals surface area contributed by atoms with Crippen LogP contribution < -0.4 is 16.6 Å². The lowest BCUT2D eigenvalue weighted by Gasteiger charge is -2.27. The number of nitrogens with zero attached hydrogens (tertiary/aromatic N) is 2. The van der Waals surface area contributed by atoms with Crippen molar-refractivity contribution in [1.29, 1.82) is 0 Å². The highest BCUT2D eigenvalue weighted by molar-refractivity contribution is 5.47. The van der Waals surface area contributed by atoms with Crippen LogP contribution in [0.1, 0.15) is 38.4 Å². The fourth-order valence-electron chi connectivity index (χ4n) is 2.73. The number of hydrogen-bond acceptors (Lipinski definition) is 5. The number of alkyl halides is 3. The lowest BCUT2D eigenvalue weighted by Crippen LogP contribution is -2.22. The van der Waals surface area contributed by atoms with Crippen LogP contribution in [0.25, 0.3) is 0 Å². The second-order valence-electron chi connectivity index (χ2n) is 5.62. The molecule has 1 aromatic heterocycles. The van der Waals surface area contributed by atoms with E-state index in [4.69, 9.17) is 5.84 Å². The number of nitrogens with two attached hydrogens (primary N) is 1. The van der Waals surface area contributed by atoms with Gasteiger partial charge in [-0.3, -0.25) is 0 Å². The summed E-state index contributed by atoms with van der Waals surface area (Å²) < 4.78 is 38.1. The number of aromatic nitrogens is 2. The highest BCUT2D eigenvalue weighted by Gasteiger charge is 2.35. The Labute approximate surface area is 121 Å². The Morgan fingerprint density at radius 1 is 1.29 bits per heavy atom. The fraction of sp³-hybridized carbons (Fsp3) is 0.692. The molecule has 1 heterocycles. The zero-order valence-electron chi connectivity index (χ0n) is 11.9. The highest BCUT2D eigenvalue weighted by Crippen LogP contribution is 2.30. The van der Waals surface area contributed by atoms with E-state index < -0.39 is 12.0 Å². The Morgan fingerprint density at radius 2 is 2.00 bits per heavy atom. The average Bonchev–Trinajstić information content (AvgIpc) is 2.44. The van der Waals surface area contributed by atoms with E-state index in [1.54, 1.807) is 0 Å². The van der Waals surface area contributed by atoms with E-state index in [1.165, 1.54) is 18.9 Å². The average molecular weight is 303 g/mol. The van der Waals surface area contributed by atoms with Crippen LogP contribution in [0.15, 0.2) is 6.07 Å². The molecule has 0 saturated heterocycles. The fourth-order valence-corrected chi connectivity index (χ4v) is 2.73. The van der Waals surface area contributed by atoms with Crippen molar-refractivity contribution >= 4 is 11.6 Å². The number of nitrogens with one attached hydrogen (secondary N) is 2. The van der Waals surface area contributed by atoms with Gasteiger partial charge in [0.15, 0.2) is 0 Å². The molecule has 0 bridgehead atoms. The third-order valence-electron chi connectivity index (χ3n) is 3.74. The van der Waals surface area contributed by atoms with E-state index in [0.717, 1.165) is 12.8 Å². The lowest BCUT2D eigenvalue weighted by atomic mass is 9.82. The van der Waals surface area contributed by atoms with Gasteiger partial charge in [0.2, 0.25) is 5.82 Å². The van der Waals surface area contributed by atoms with E-state index >= 15 is 0 Å². The first-order valence-electron chi connectivity index (χ1n) is 7.05. The molecule has 0 aliphatic heterocycles. The first kappa shape index (κ1) is 15.8. The Hall–Kier alpha value is -1.57. The molecule has 2 rings (SSSR count). The van der Waals surface area contributed by atoms with Gasteiger partial charge in [-0.05, 0) is 24.7 Å². The number of halogens is 3. The van der Waals surface area contributed by atoms with Gasteiger partial charge in [-0.15, -0.1) is 0 Å². The molecular formula is C13H20F3N5. The largest absolute Gasteiger partial charge is 0.451 e. The quantitative estimate of drug-likeness (QED) is 0.589. The topological polar surface area (TPSA) is 75.9 Å². The van der Waals surface area contributed by atoms with Crippen LogP contribution >= 0.6 is 0 Å². The van der Waals surface area contributed by atoms with E-state index in [2.05, 4.69) is 27.6 Å². The van der Waals surface area contributed by atoms with Crippen molar-refractivity contribution in [2.45, 2.75) is 38.8 Å². The van der Waals surface area contributed by atoms with Crippen molar-refractivity contribution in [3.05, 3.63) is 11.9 Å². The zero-order chi connectivity index (χ0) is 15.5. The predicted octanol–water partition coefficient (Wildman–Crippen LogP) is 3.02. The van der Waals surface area contributed by atoms with Crippen LogP contribution in [0.3, 0.4) is 0 Å². The SMILES string of the molecule is CC1CCCC(CNc2cc(NN)nc(C(F)(F)F)n2)C1. The van der Waals surface area contributed by atoms with Crippen LogP contribution in [0.5, 0.6) is 0 Å². The highest BCUT2D eigenvalue weighted by atomic mass is 19.4. The molecule has 21 heavy (non-hydrogen) atoms. The first-order chi connectivity index (χ1) is 9.88. The smallest absolute Gasteiger partial charge is 0.370 e. The maximum absolute atomic E-state index is 12.7. The van der Waals surface area contributed by atoms with Crippen molar-refractivity contribution in [2.24, 2.45) is 17.7 Å². The minimum atomic E-state index is -4.59. The van der Waals surface area contributed by atoms with Gasteiger partial charge in [0, 0.05) is 12.6 Å². The number of anilines is 2. The summed E-state index contributed by atoms with van der Waals surface area (Å²) in [6.45, 7) is 2.82. The van der Waals surface area contributed by atoms with Gasteiger partial charge >= 0.3 is 6.18 Å². The summed E-state index contributed by atoms with van der Waals surface area (Å²) in [4.78, 5) is 6.83. The van der Waals surface area contributed by atoms with Gasteiger partial charge in [-0.1, -0.05) is 19.8 Å². The van der Waals surface area contributed by atoms with Gasteiger partial charge in [0.25, 0.3) is 0 Å². The van der Waals surface area contributed by atoms with Gasteiger partial charge in [-0.2, -0.15) is 13.2 Å². The zero-order valence-corrected chi connectivity index (χ0v) is 11.9. The molecule has 1 aliphatic rings. The molecular weight excluding hydrogens is 283 g/mol. The van der Waals surface area contributed by atoms with E-state index in [9.17, 15) is 13.2 Å². The first-order valence-corrected chi connectivity index (χ1v) is 7.05. The van der Waals surface area contributed by atoms with Crippen molar-refractivity contribution in [3.63, 3.8) is 0 Å². The van der Waals surface area contributed by atoms with Crippen LogP contribution in [0.2, 0.25) is 0 Å². The molecule has 5 nitrogen and oxygen atoms in total. The Morgan fingerprint density at radius 3 is 2.62 bits per heavy atom. The third-order valence-corrected chi connectivity index (χ3v) is 3.74. The number of hydrogen-bond donors (Lipinski definition) is 3. The molecule has 1 aromatic rings. The predicted molar refractivity (Wildman–Crippen MR) is 74.5 cm³/mol. The number of nitrogen functional groups attached to an aromatic ring is 1. The van der Waals surface area contributed by atoms with Gasteiger partial charge in [-0.25, -0.2) is 15.8 Å². The standard InChI is InChI=1S/C13H20F3N5/c1-8-3-2-4-9(5-8)7-18-10-6-11(21-17)20-12(19-10)13(14,15)16/h6,8-9H,2-5,7,17H2,1H3,(H2,18,19,20,21). The summed E-state index contributed by atoms with van der Waals surface area (Å²) in [5.74, 6) is 5.17. The van der Waals surface area contributed by atoms with E-state index in [1.807, 2.05) is 0 Å². The third kappa shape index (κ3) is 4.45. The molecule has 1 aliphatic carbocycles. The molecule has 8 heteroatoms. The normalized spacial score (nSPS) is 22.9. The Balaban J connectivity index is 2.05. The molecule has 2 atom stereocenters. The molecule has 1 fully saturated rings. The van der Waals surface area contributed by atoms with Crippen LogP contribution in [-0.4, -0.2) is 16.5 Å². The molecule has 2 unspecified atom stereocenters. The van der Waals surface area contributed by atoms with Gasteiger partial charge in [0.05, 0.1) is 0 Å². The maximum atomic E-state index is 12.7. The summed E-state index contributed by atoms with van der Waals surface area (Å²) in [6.07, 6.45) is -0.0183. The second kappa shape index (κ2) is 6.46. The summed E-state index contributed by atoms with van der Waals surface area (Å²) in [6, 6.07) is 1.38. The monoisotopic (exact) mass is 303 g/mol. The van der Waals surface area contributed by atoms with Crippen molar-refractivity contribution in [1.82, 2.24) is 9.97 Å². The number of hydrazine groups is 1. The number of rotatable bonds is 4. The van der Waals surface area contributed by atoms with E-state index in [0.29, 0.717) is 18.4 Å². The van der Waals surface area contributed by atoms with Crippen molar-refractivity contribution in [3.8, 4) is 0 Å². The summed E-state index contributed by atoms with van der Waals surface area (Å²) in [5, 5.41) is 2.98. The van der Waals surface area contributed by atoms with Crippen molar-refractivity contribution < 1.29 is 13.2 Å². The molecule has 4 N–H and O–H groups in total. The minimum absolute atomic E-state index is 0.0585. The molecule has 0 radical (unpaired) electrons. The van der Waals surface area contributed by atoms with Crippen LogP contribution in [0, 0.1) is 11.8 Å². The van der Waals surface area contributed by atoms with Crippen molar-refractivity contribution in [2.75, 3.05) is 17.3 Å². The summed E-state index contributed by atoms with van der Waals surface area (Å²) in [5.41, 5.74) is 2.13. The maximum Gasteiger partial charge on any atom is 0.451 e. The molecule has 0 spiro atoms. The van der Waals surface area contributed by atoms with Crippen LogP contribution in [-0.2, 0) is 6.18 Å². The van der Waals surface area contributed by atoms with E-state index in [-0.39, 0.29) is 11.6 Å². The summed E-state index contributed by atoms with van der Waals surface area (Å²) in [7, 11) is 0. The Bertz CT molecular complexity index is 477.